The zero-order valence-corrected chi connectivity index (χ0v) is 18.1. The summed E-state index contributed by atoms with van der Waals surface area (Å²) in [6.45, 7) is 4.15. The average Bonchev–Trinajstić information content (AvgIpc) is 3.33. The van der Waals surface area contributed by atoms with Crippen LogP contribution in [0.4, 0.5) is 11.5 Å². The molecule has 0 saturated carbocycles. The molecule has 8 nitrogen and oxygen atoms in total. The molecule has 4 rings (SSSR count). The Balaban J connectivity index is 1.58. The van der Waals surface area contributed by atoms with Crippen molar-refractivity contribution in [3.63, 3.8) is 0 Å². The number of esters is 1. The van der Waals surface area contributed by atoms with E-state index in [4.69, 9.17) is 23.9 Å². The number of carbonyl (C=O) groups is 1. The van der Waals surface area contributed by atoms with Crippen LogP contribution in [0.1, 0.15) is 18.4 Å². The number of carbonyl (C=O) groups excluding carboxylic acids is 1. The van der Waals surface area contributed by atoms with Gasteiger partial charge in [-0.1, -0.05) is 12.1 Å². The van der Waals surface area contributed by atoms with E-state index in [2.05, 4.69) is 4.90 Å². The van der Waals surface area contributed by atoms with Gasteiger partial charge in [0.15, 0.2) is 0 Å². The maximum Gasteiger partial charge on any atom is 0.328 e. The first-order chi connectivity index (χ1) is 15.2. The number of pyridine rings is 1. The maximum absolute atomic E-state index is 12.3. The Hall–Kier alpha value is -3.00. The number of morpholine rings is 1. The number of ether oxygens (including phenoxy) is 4. The van der Waals surface area contributed by atoms with Gasteiger partial charge in [0.05, 0.1) is 27.4 Å². The third-order valence-corrected chi connectivity index (χ3v) is 5.72. The molecular weight excluding hydrogens is 398 g/mol. The van der Waals surface area contributed by atoms with Gasteiger partial charge in [0.2, 0.25) is 5.88 Å². The van der Waals surface area contributed by atoms with Crippen molar-refractivity contribution in [1.82, 2.24) is 4.98 Å². The zero-order chi connectivity index (χ0) is 21.6. The van der Waals surface area contributed by atoms with Gasteiger partial charge in [-0.05, 0) is 30.5 Å². The lowest BCUT2D eigenvalue weighted by Gasteiger charge is -2.31. The molecule has 1 aromatic heterocycles. The highest BCUT2D eigenvalue weighted by atomic mass is 16.5. The monoisotopic (exact) mass is 427 g/mol. The Morgan fingerprint density at radius 3 is 2.61 bits per heavy atom. The second kappa shape index (κ2) is 9.87. The van der Waals surface area contributed by atoms with Crippen molar-refractivity contribution in [2.24, 2.45) is 0 Å². The number of hydrogen-bond acceptors (Lipinski definition) is 8. The second-order valence-corrected chi connectivity index (χ2v) is 7.63. The van der Waals surface area contributed by atoms with Crippen molar-refractivity contribution < 1.29 is 23.7 Å². The van der Waals surface area contributed by atoms with Gasteiger partial charge in [-0.3, -0.25) is 0 Å². The summed E-state index contributed by atoms with van der Waals surface area (Å²) in [7, 11) is 3.08. The summed E-state index contributed by atoms with van der Waals surface area (Å²) in [6, 6.07) is 11.4. The molecule has 0 bridgehead atoms. The topological polar surface area (TPSA) is 73.4 Å². The van der Waals surface area contributed by atoms with Crippen molar-refractivity contribution in [3.05, 3.63) is 42.0 Å². The number of nitrogens with zero attached hydrogens (tertiary/aromatic N) is 3. The molecule has 2 fully saturated rings. The number of methoxy groups -OCH3 is 2. The minimum atomic E-state index is -0.313. The predicted octanol–water partition coefficient (Wildman–Crippen LogP) is 2.65. The highest BCUT2D eigenvalue weighted by Gasteiger charge is 2.33. The molecule has 0 aliphatic carbocycles. The van der Waals surface area contributed by atoms with Gasteiger partial charge in [0, 0.05) is 37.5 Å². The molecule has 166 valence electrons. The van der Waals surface area contributed by atoms with E-state index < -0.39 is 0 Å². The van der Waals surface area contributed by atoms with Crippen LogP contribution in [-0.2, 0) is 20.9 Å². The molecule has 2 saturated heterocycles. The summed E-state index contributed by atoms with van der Waals surface area (Å²) in [5, 5.41) is 0. The first kappa shape index (κ1) is 21.2. The largest absolute Gasteiger partial charge is 0.497 e. The van der Waals surface area contributed by atoms with Crippen LogP contribution in [-0.4, -0.2) is 64.1 Å². The Bertz CT molecular complexity index is 883. The van der Waals surface area contributed by atoms with Crippen LogP contribution in [0.25, 0.3) is 0 Å². The quantitative estimate of drug-likeness (QED) is 0.625. The number of aromatic nitrogens is 1. The van der Waals surface area contributed by atoms with Gasteiger partial charge >= 0.3 is 5.97 Å². The summed E-state index contributed by atoms with van der Waals surface area (Å²) < 4.78 is 21.8. The predicted molar refractivity (Wildman–Crippen MR) is 117 cm³/mol. The summed E-state index contributed by atoms with van der Waals surface area (Å²) in [4.78, 5) is 21.3. The minimum Gasteiger partial charge on any atom is -0.497 e. The van der Waals surface area contributed by atoms with Crippen molar-refractivity contribution >= 4 is 17.5 Å². The SMILES string of the molecule is COC(=O)C1CCCN1c1cc(N2CCOCC2)cc(OCc2ccc(OC)cc2)n1. The fourth-order valence-electron chi connectivity index (χ4n) is 4.00. The smallest absolute Gasteiger partial charge is 0.328 e. The molecule has 1 unspecified atom stereocenters. The molecular formula is C23H29N3O5. The summed E-state index contributed by atoms with van der Waals surface area (Å²) >= 11 is 0. The fraction of sp³-hybridized carbons (Fsp3) is 0.478. The van der Waals surface area contributed by atoms with E-state index in [1.165, 1.54) is 7.11 Å². The molecule has 0 amide bonds. The Labute approximate surface area is 182 Å². The number of hydrogen-bond donors (Lipinski definition) is 0. The van der Waals surface area contributed by atoms with E-state index in [1.807, 2.05) is 41.3 Å². The van der Waals surface area contributed by atoms with Crippen LogP contribution in [0.2, 0.25) is 0 Å². The highest BCUT2D eigenvalue weighted by molar-refractivity contribution is 5.80. The van der Waals surface area contributed by atoms with Crippen LogP contribution >= 0.6 is 0 Å². The van der Waals surface area contributed by atoms with Crippen LogP contribution in [0.15, 0.2) is 36.4 Å². The molecule has 31 heavy (non-hydrogen) atoms. The summed E-state index contributed by atoms with van der Waals surface area (Å²) in [5.74, 6) is 1.85. The van der Waals surface area contributed by atoms with Gasteiger partial charge in [0.1, 0.15) is 24.2 Å². The molecule has 2 aliphatic heterocycles. The summed E-state index contributed by atoms with van der Waals surface area (Å²) in [5.41, 5.74) is 2.04. The van der Waals surface area contributed by atoms with E-state index >= 15 is 0 Å². The Morgan fingerprint density at radius 2 is 1.90 bits per heavy atom. The van der Waals surface area contributed by atoms with E-state index in [1.54, 1.807) is 7.11 Å². The molecule has 2 aliphatic rings. The van der Waals surface area contributed by atoms with Gasteiger partial charge in [0.25, 0.3) is 0 Å². The Morgan fingerprint density at radius 1 is 1.13 bits per heavy atom. The highest BCUT2D eigenvalue weighted by Crippen LogP contribution is 2.31. The van der Waals surface area contributed by atoms with E-state index in [0.29, 0.717) is 25.7 Å². The third-order valence-electron chi connectivity index (χ3n) is 5.72. The van der Waals surface area contributed by atoms with Crippen LogP contribution < -0.4 is 19.3 Å². The standard InChI is InChI=1S/C23H29N3O5/c1-28-19-7-5-17(6-8-19)16-31-22-15-18(25-10-12-30-13-11-25)14-21(24-22)26-9-3-4-20(26)23(27)29-2/h5-8,14-15,20H,3-4,9-13,16H2,1-2H3. The average molecular weight is 428 g/mol. The number of rotatable bonds is 7. The van der Waals surface area contributed by atoms with E-state index in [9.17, 15) is 4.79 Å². The van der Waals surface area contributed by atoms with Gasteiger partial charge < -0.3 is 28.7 Å². The molecule has 8 heteroatoms. The first-order valence-electron chi connectivity index (χ1n) is 10.6. The minimum absolute atomic E-state index is 0.225. The molecule has 1 atom stereocenters. The second-order valence-electron chi connectivity index (χ2n) is 7.63. The summed E-state index contributed by atoms with van der Waals surface area (Å²) in [6.07, 6.45) is 1.68. The maximum atomic E-state index is 12.3. The van der Waals surface area contributed by atoms with Gasteiger partial charge in [-0.25, -0.2) is 4.79 Å². The third kappa shape index (κ3) is 5.02. The number of benzene rings is 1. The normalized spacial score (nSPS) is 18.7. The fourth-order valence-corrected chi connectivity index (χ4v) is 4.00. The van der Waals surface area contributed by atoms with E-state index in [0.717, 1.165) is 55.3 Å². The van der Waals surface area contributed by atoms with Gasteiger partial charge in [-0.2, -0.15) is 4.98 Å². The number of anilines is 2. The lowest BCUT2D eigenvalue weighted by Crippen LogP contribution is -2.38. The van der Waals surface area contributed by atoms with Gasteiger partial charge in [-0.15, -0.1) is 0 Å². The van der Waals surface area contributed by atoms with Crippen molar-refractivity contribution in [1.29, 1.82) is 0 Å². The van der Waals surface area contributed by atoms with Crippen molar-refractivity contribution in [2.45, 2.75) is 25.5 Å². The molecule has 0 radical (unpaired) electrons. The van der Waals surface area contributed by atoms with E-state index in [-0.39, 0.29) is 12.0 Å². The molecule has 3 heterocycles. The molecule has 0 spiro atoms. The molecule has 0 N–H and O–H groups in total. The Kier molecular flexibility index (Phi) is 6.76. The molecule has 1 aromatic carbocycles. The molecule has 2 aromatic rings. The van der Waals surface area contributed by atoms with Crippen LogP contribution in [0.3, 0.4) is 0 Å². The van der Waals surface area contributed by atoms with Crippen molar-refractivity contribution in [2.75, 3.05) is 56.9 Å². The first-order valence-corrected chi connectivity index (χ1v) is 10.6. The zero-order valence-electron chi connectivity index (χ0n) is 18.1. The lowest BCUT2D eigenvalue weighted by atomic mass is 10.2. The van der Waals surface area contributed by atoms with Crippen LogP contribution in [0.5, 0.6) is 11.6 Å². The lowest BCUT2D eigenvalue weighted by molar-refractivity contribution is -0.141. The van der Waals surface area contributed by atoms with Crippen LogP contribution in [0, 0.1) is 0 Å². The van der Waals surface area contributed by atoms with Crippen molar-refractivity contribution in [3.8, 4) is 11.6 Å².